The minimum Gasteiger partial charge on any atom is -0.352 e. The van der Waals surface area contributed by atoms with E-state index in [-0.39, 0.29) is 24.1 Å². The molecule has 0 radical (unpaired) electrons. The molecule has 6 nitrogen and oxygen atoms in total. The highest BCUT2D eigenvalue weighted by Crippen LogP contribution is 2.19. The first kappa shape index (κ1) is 14.7. The van der Waals surface area contributed by atoms with Crippen LogP contribution in [0.5, 0.6) is 0 Å². The predicted molar refractivity (Wildman–Crippen MR) is 84.6 cm³/mol. The minimum atomic E-state index is -0.151. The Morgan fingerprint density at radius 1 is 1.45 bits per heavy atom. The van der Waals surface area contributed by atoms with E-state index in [1.54, 1.807) is 6.07 Å². The highest BCUT2D eigenvalue weighted by Gasteiger charge is 2.25. The lowest BCUT2D eigenvalue weighted by atomic mass is 10.2. The number of carbonyl (C=O) groups excluding carboxylic acids is 1. The van der Waals surface area contributed by atoms with Gasteiger partial charge in [-0.1, -0.05) is 12.1 Å². The molecule has 2 N–H and O–H groups in total. The Morgan fingerprint density at radius 2 is 2.18 bits per heavy atom. The van der Waals surface area contributed by atoms with Gasteiger partial charge in [-0.2, -0.15) is 0 Å². The summed E-state index contributed by atoms with van der Waals surface area (Å²) in [7, 11) is 1.85. The van der Waals surface area contributed by atoms with E-state index in [1.165, 1.54) is 0 Å². The van der Waals surface area contributed by atoms with Crippen LogP contribution in [0.1, 0.15) is 31.6 Å². The molecule has 1 amide bonds. The largest absolute Gasteiger partial charge is 0.352 e. The van der Waals surface area contributed by atoms with E-state index >= 15 is 0 Å². The molecular formula is C16H20N4O2. The molecular weight excluding hydrogens is 280 g/mol. The molecule has 1 aromatic carbocycles. The van der Waals surface area contributed by atoms with Crippen molar-refractivity contribution in [1.29, 1.82) is 0 Å². The van der Waals surface area contributed by atoms with Crippen molar-refractivity contribution in [3.8, 4) is 0 Å². The number of hydrogen-bond donors (Lipinski definition) is 2. The van der Waals surface area contributed by atoms with Crippen LogP contribution in [0.3, 0.4) is 0 Å². The van der Waals surface area contributed by atoms with Gasteiger partial charge >= 0.3 is 0 Å². The molecule has 116 valence electrons. The van der Waals surface area contributed by atoms with Crippen molar-refractivity contribution in [3.63, 3.8) is 0 Å². The number of nitrogens with zero attached hydrogens (tertiary/aromatic N) is 2. The van der Waals surface area contributed by atoms with Crippen LogP contribution >= 0.6 is 0 Å². The molecule has 0 spiro atoms. The number of H-pyrrole nitrogens is 1. The molecule has 1 atom stereocenters. The van der Waals surface area contributed by atoms with Gasteiger partial charge in [0, 0.05) is 6.04 Å². The van der Waals surface area contributed by atoms with Crippen molar-refractivity contribution in [3.05, 3.63) is 40.4 Å². The second kappa shape index (κ2) is 5.88. The number of benzene rings is 1. The van der Waals surface area contributed by atoms with Crippen molar-refractivity contribution in [2.24, 2.45) is 0 Å². The molecule has 0 aliphatic heterocycles. The Bertz CT molecular complexity index is 751. The third-order valence-corrected chi connectivity index (χ3v) is 4.02. The fourth-order valence-corrected chi connectivity index (χ4v) is 2.38. The second-order valence-corrected chi connectivity index (χ2v) is 5.90. The molecule has 1 aliphatic carbocycles. The number of likely N-dealkylation sites (N-methyl/N-ethyl adjacent to an activating group) is 1. The Kier molecular flexibility index (Phi) is 3.94. The first-order chi connectivity index (χ1) is 10.5. The Labute approximate surface area is 128 Å². The van der Waals surface area contributed by atoms with E-state index in [0.29, 0.717) is 22.8 Å². The van der Waals surface area contributed by atoms with E-state index in [0.717, 1.165) is 12.8 Å². The van der Waals surface area contributed by atoms with Crippen molar-refractivity contribution in [1.82, 2.24) is 20.2 Å². The summed E-state index contributed by atoms with van der Waals surface area (Å²) in [5.74, 6) is 0.588. The van der Waals surface area contributed by atoms with Gasteiger partial charge in [0.1, 0.15) is 5.82 Å². The van der Waals surface area contributed by atoms with Crippen molar-refractivity contribution < 1.29 is 4.79 Å². The lowest BCUT2D eigenvalue weighted by Crippen LogP contribution is -2.38. The number of fused-ring (bicyclic) bond motifs is 1. The zero-order valence-corrected chi connectivity index (χ0v) is 12.8. The normalized spacial score (nSPS) is 16.0. The van der Waals surface area contributed by atoms with Crippen LogP contribution in [-0.2, 0) is 4.79 Å². The maximum absolute atomic E-state index is 12.1. The van der Waals surface area contributed by atoms with Crippen LogP contribution < -0.4 is 10.9 Å². The number of aromatic nitrogens is 2. The summed E-state index contributed by atoms with van der Waals surface area (Å²) in [6.07, 6.45) is 2.15. The smallest absolute Gasteiger partial charge is 0.258 e. The van der Waals surface area contributed by atoms with Crippen molar-refractivity contribution in [2.75, 3.05) is 13.6 Å². The predicted octanol–water partition coefficient (Wildman–Crippen LogP) is 1.19. The number of carbonyl (C=O) groups is 1. The Balaban J connectivity index is 1.77. The molecule has 6 heteroatoms. The molecule has 1 aromatic heterocycles. The van der Waals surface area contributed by atoms with Crippen LogP contribution in [0.2, 0.25) is 0 Å². The second-order valence-electron chi connectivity index (χ2n) is 5.90. The standard InChI is InChI=1S/C16H20N4O2/c1-10(20(2)9-14(21)17-11-7-8-11)15-18-13-6-4-3-5-12(13)16(22)19-15/h3-6,10-11H,7-9H2,1-2H3,(H,17,21)(H,18,19,22)/t10-/m1/s1. The average molecular weight is 300 g/mol. The highest BCUT2D eigenvalue weighted by molar-refractivity contribution is 5.79. The summed E-state index contributed by atoms with van der Waals surface area (Å²) in [5, 5.41) is 3.54. The molecule has 3 rings (SSSR count). The van der Waals surface area contributed by atoms with Gasteiger partial charge < -0.3 is 10.3 Å². The fraction of sp³-hybridized carbons (Fsp3) is 0.438. The maximum atomic E-state index is 12.1. The van der Waals surface area contributed by atoms with E-state index in [4.69, 9.17) is 0 Å². The highest BCUT2D eigenvalue weighted by atomic mass is 16.2. The summed E-state index contributed by atoms with van der Waals surface area (Å²) in [5.41, 5.74) is 0.521. The van der Waals surface area contributed by atoms with E-state index in [1.807, 2.05) is 37.1 Å². The van der Waals surface area contributed by atoms with Gasteiger partial charge in [-0.25, -0.2) is 4.98 Å². The lowest BCUT2D eigenvalue weighted by Gasteiger charge is -2.23. The van der Waals surface area contributed by atoms with E-state index < -0.39 is 0 Å². The Morgan fingerprint density at radius 3 is 2.91 bits per heavy atom. The van der Waals surface area contributed by atoms with Crippen molar-refractivity contribution in [2.45, 2.75) is 31.8 Å². The monoisotopic (exact) mass is 300 g/mol. The zero-order chi connectivity index (χ0) is 15.7. The molecule has 1 aliphatic rings. The van der Waals surface area contributed by atoms with Crippen LogP contribution in [-0.4, -0.2) is 40.4 Å². The molecule has 2 aromatic rings. The topological polar surface area (TPSA) is 78.1 Å². The molecule has 0 unspecified atom stereocenters. The van der Waals surface area contributed by atoms with E-state index in [9.17, 15) is 9.59 Å². The van der Waals surface area contributed by atoms with Crippen LogP contribution in [0, 0.1) is 0 Å². The maximum Gasteiger partial charge on any atom is 0.258 e. The van der Waals surface area contributed by atoms with Gasteiger partial charge in [-0.3, -0.25) is 14.5 Å². The summed E-state index contributed by atoms with van der Waals surface area (Å²) in [4.78, 5) is 33.2. The lowest BCUT2D eigenvalue weighted by molar-refractivity contribution is -0.122. The molecule has 1 heterocycles. The number of hydrogen-bond acceptors (Lipinski definition) is 4. The third kappa shape index (κ3) is 3.17. The Hall–Kier alpha value is -2.21. The summed E-state index contributed by atoms with van der Waals surface area (Å²) in [6.45, 7) is 2.21. The molecule has 1 fully saturated rings. The van der Waals surface area contributed by atoms with Gasteiger partial charge in [0.15, 0.2) is 0 Å². The third-order valence-electron chi connectivity index (χ3n) is 4.02. The van der Waals surface area contributed by atoms with Gasteiger partial charge in [-0.05, 0) is 38.9 Å². The zero-order valence-electron chi connectivity index (χ0n) is 12.8. The number of rotatable bonds is 5. The first-order valence-electron chi connectivity index (χ1n) is 7.53. The van der Waals surface area contributed by atoms with Gasteiger partial charge in [0.25, 0.3) is 5.56 Å². The van der Waals surface area contributed by atoms with Gasteiger partial charge in [0.05, 0.1) is 23.5 Å². The number of para-hydroxylation sites is 1. The number of nitrogens with one attached hydrogen (secondary N) is 2. The van der Waals surface area contributed by atoms with Crippen molar-refractivity contribution >= 4 is 16.8 Å². The van der Waals surface area contributed by atoms with E-state index in [2.05, 4.69) is 15.3 Å². The molecule has 0 saturated heterocycles. The minimum absolute atomic E-state index is 0.0139. The van der Waals surface area contributed by atoms with Crippen LogP contribution in [0.4, 0.5) is 0 Å². The summed E-state index contributed by atoms with van der Waals surface area (Å²) < 4.78 is 0. The number of amides is 1. The quantitative estimate of drug-likeness (QED) is 0.869. The average Bonchev–Trinajstić information content (AvgIpc) is 3.30. The molecule has 1 saturated carbocycles. The SMILES string of the molecule is C[C@H](c1nc2ccccc2c(=O)[nH]1)N(C)CC(=O)NC1CC1. The van der Waals surface area contributed by atoms with Gasteiger partial charge in [0.2, 0.25) is 5.91 Å². The summed E-state index contributed by atoms with van der Waals surface area (Å²) in [6, 6.07) is 7.45. The molecule has 0 bridgehead atoms. The number of aromatic amines is 1. The fourth-order valence-electron chi connectivity index (χ4n) is 2.38. The van der Waals surface area contributed by atoms with Crippen LogP contribution in [0.25, 0.3) is 10.9 Å². The summed E-state index contributed by atoms with van der Waals surface area (Å²) >= 11 is 0. The van der Waals surface area contributed by atoms with Gasteiger partial charge in [-0.15, -0.1) is 0 Å². The molecule has 22 heavy (non-hydrogen) atoms. The first-order valence-corrected chi connectivity index (χ1v) is 7.53. The van der Waals surface area contributed by atoms with Crippen LogP contribution in [0.15, 0.2) is 29.1 Å².